The quantitative estimate of drug-likeness (QED) is 0.616. The lowest BCUT2D eigenvalue weighted by atomic mass is 10.2. The maximum absolute atomic E-state index is 11.8. The molecule has 0 unspecified atom stereocenters. The third kappa shape index (κ3) is 5.36. The normalized spacial score (nSPS) is 15.4. The van der Waals surface area contributed by atoms with Gasteiger partial charge < -0.3 is 10.1 Å². The van der Waals surface area contributed by atoms with Crippen molar-refractivity contribution in [3.63, 3.8) is 0 Å². The van der Waals surface area contributed by atoms with E-state index in [2.05, 4.69) is 21.2 Å². The lowest BCUT2D eigenvalue weighted by Crippen LogP contribution is -2.37. The predicted molar refractivity (Wildman–Crippen MR) is 86.3 cm³/mol. The molecule has 21 heavy (non-hydrogen) atoms. The van der Waals surface area contributed by atoms with Crippen molar-refractivity contribution in [1.82, 2.24) is 5.32 Å². The molecule has 0 aromatic heterocycles. The molecule has 1 amide bonds. The SMILES string of the molecule is Cc1cc(Br)ccc1SCC(=O)O[C@@H](C)C(=O)NC1CC1. The van der Waals surface area contributed by atoms with Crippen LogP contribution in [0.1, 0.15) is 25.3 Å². The van der Waals surface area contributed by atoms with E-state index in [-0.39, 0.29) is 23.7 Å². The van der Waals surface area contributed by atoms with Gasteiger partial charge in [0.25, 0.3) is 5.91 Å². The Morgan fingerprint density at radius 2 is 2.19 bits per heavy atom. The number of thioether (sulfide) groups is 1. The molecule has 1 fully saturated rings. The van der Waals surface area contributed by atoms with Crippen molar-refractivity contribution in [2.24, 2.45) is 0 Å². The van der Waals surface area contributed by atoms with Gasteiger partial charge in [0, 0.05) is 15.4 Å². The van der Waals surface area contributed by atoms with Gasteiger partial charge >= 0.3 is 5.97 Å². The average Bonchev–Trinajstić information content (AvgIpc) is 3.21. The van der Waals surface area contributed by atoms with Crippen LogP contribution in [0.3, 0.4) is 0 Å². The smallest absolute Gasteiger partial charge is 0.317 e. The zero-order valence-corrected chi connectivity index (χ0v) is 14.4. The fourth-order valence-corrected chi connectivity index (χ4v) is 3.01. The number of carbonyl (C=O) groups excluding carboxylic acids is 2. The summed E-state index contributed by atoms with van der Waals surface area (Å²) in [4.78, 5) is 24.5. The number of aryl methyl sites for hydroxylation is 1. The topological polar surface area (TPSA) is 55.4 Å². The minimum absolute atomic E-state index is 0.198. The standard InChI is InChI=1S/C15H18BrNO3S/c1-9-7-11(16)3-6-13(9)21-8-14(18)20-10(2)15(19)17-12-4-5-12/h3,6-7,10,12H,4-5,8H2,1-2H3,(H,17,19)/t10-/m0/s1. The molecule has 1 atom stereocenters. The van der Waals surface area contributed by atoms with Gasteiger partial charge in [0.2, 0.25) is 0 Å². The van der Waals surface area contributed by atoms with Crippen molar-refractivity contribution in [2.45, 2.75) is 43.7 Å². The molecule has 0 heterocycles. The molecule has 2 rings (SSSR count). The summed E-state index contributed by atoms with van der Waals surface area (Å²) in [7, 11) is 0. The van der Waals surface area contributed by atoms with Gasteiger partial charge in [-0.05, 0) is 50.5 Å². The van der Waals surface area contributed by atoms with E-state index in [4.69, 9.17) is 4.74 Å². The van der Waals surface area contributed by atoms with Crippen LogP contribution in [0.5, 0.6) is 0 Å². The van der Waals surface area contributed by atoms with E-state index in [0.717, 1.165) is 27.8 Å². The lowest BCUT2D eigenvalue weighted by Gasteiger charge is -2.13. The van der Waals surface area contributed by atoms with Crippen molar-refractivity contribution in [3.8, 4) is 0 Å². The lowest BCUT2D eigenvalue weighted by molar-refractivity contribution is -0.152. The number of hydrogen-bond acceptors (Lipinski definition) is 4. The average molecular weight is 372 g/mol. The van der Waals surface area contributed by atoms with E-state index in [1.807, 2.05) is 25.1 Å². The molecule has 1 saturated carbocycles. The van der Waals surface area contributed by atoms with Crippen molar-refractivity contribution in [3.05, 3.63) is 28.2 Å². The van der Waals surface area contributed by atoms with E-state index >= 15 is 0 Å². The van der Waals surface area contributed by atoms with Gasteiger partial charge in [0.1, 0.15) is 0 Å². The highest BCUT2D eigenvalue weighted by Crippen LogP contribution is 2.25. The maximum atomic E-state index is 11.8. The summed E-state index contributed by atoms with van der Waals surface area (Å²) in [5.74, 6) is -0.389. The van der Waals surface area contributed by atoms with Crippen LogP contribution in [0.2, 0.25) is 0 Å². The first-order valence-corrected chi connectivity index (χ1v) is 8.62. The Kier molecular flexibility index (Phi) is 5.70. The van der Waals surface area contributed by atoms with Gasteiger partial charge in [-0.25, -0.2) is 0 Å². The Morgan fingerprint density at radius 1 is 1.48 bits per heavy atom. The van der Waals surface area contributed by atoms with Gasteiger partial charge in [-0.3, -0.25) is 9.59 Å². The summed E-state index contributed by atoms with van der Waals surface area (Å²) in [5, 5.41) is 2.82. The highest BCUT2D eigenvalue weighted by atomic mass is 79.9. The van der Waals surface area contributed by atoms with Crippen LogP contribution >= 0.6 is 27.7 Å². The molecule has 114 valence electrons. The second-order valence-electron chi connectivity index (χ2n) is 5.11. The number of carbonyl (C=O) groups is 2. The first-order chi connectivity index (χ1) is 9.95. The molecule has 1 aliphatic carbocycles. The second kappa shape index (κ2) is 7.31. The summed E-state index contributed by atoms with van der Waals surface area (Å²) in [6, 6.07) is 6.17. The van der Waals surface area contributed by atoms with Crippen LogP contribution in [0.15, 0.2) is 27.6 Å². The van der Waals surface area contributed by atoms with E-state index in [1.54, 1.807) is 6.92 Å². The number of nitrogens with one attached hydrogen (secondary N) is 1. The Balaban J connectivity index is 1.77. The number of amides is 1. The molecule has 1 aliphatic rings. The van der Waals surface area contributed by atoms with Crippen LogP contribution < -0.4 is 5.32 Å². The molecule has 0 spiro atoms. The zero-order valence-electron chi connectivity index (χ0n) is 12.0. The van der Waals surface area contributed by atoms with Crippen molar-refractivity contribution >= 4 is 39.6 Å². The third-order valence-electron chi connectivity index (χ3n) is 3.08. The Bertz CT molecular complexity index is 546. The Labute approximate surface area is 137 Å². The molecule has 6 heteroatoms. The molecule has 0 saturated heterocycles. The summed E-state index contributed by atoms with van der Waals surface area (Å²) in [6.45, 7) is 3.59. The van der Waals surface area contributed by atoms with Gasteiger partial charge in [0.05, 0.1) is 5.75 Å². The number of rotatable bonds is 6. The summed E-state index contributed by atoms with van der Waals surface area (Å²) >= 11 is 4.82. The second-order valence-corrected chi connectivity index (χ2v) is 7.05. The molecule has 1 aromatic carbocycles. The monoisotopic (exact) mass is 371 g/mol. The van der Waals surface area contributed by atoms with E-state index in [1.165, 1.54) is 11.8 Å². The van der Waals surface area contributed by atoms with Crippen LogP contribution in [0.4, 0.5) is 0 Å². The summed E-state index contributed by atoms with van der Waals surface area (Å²) < 4.78 is 6.16. The van der Waals surface area contributed by atoms with Crippen molar-refractivity contribution in [2.75, 3.05) is 5.75 Å². The molecule has 4 nitrogen and oxygen atoms in total. The maximum Gasteiger partial charge on any atom is 0.317 e. The minimum Gasteiger partial charge on any atom is -0.452 e. The molecule has 1 aromatic rings. The van der Waals surface area contributed by atoms with Crippen LogP contribution in [-0.4, -0.2) is 29.8 Å². The fraction of sp³-hybridized carbons (Fsp3) is 0.467. The highest BCUT2D eigenvalue weighted by molar-refractivity contribution is 9.10. The number of halogens is 1. The first kappa shape index (κ1) is 16.4. The van der Waals surface area contributed by atoms with Crippen molar-refractivity contribution in [1.29, 1.82) is 0 Å². The summed E-state index contributed by atoms with van der Waals surface area (Å²) in [5.41, 5.74) is 1.10. The van der Waals surface area contributed by atoms with Gasteiger partial charge in [-0.2, -0.15) is 0 Å². The predicted octanol–water partition coefficient (Wildman–Crippen LogP) is 3.06. The van der Waals surface area contributed by atoms with Crippen LogP contribution in [0, 0.1) is 6.92 Å². The number of esters is 1. The fourth-order valence-electron chi connectivity index (χ4n) is 1.74. The van der Waals surface area contributed by atoms with Crippen LogP contribution in [-0.2, 0) is 14.3 Å². The largest absolute Gasteiger partial charge is 0.452 e. The molecule has 0 bridgehead atoms. The van der Waals surface area contributed by atoms with Gasteiger partial charge in [-0.15, -0.1) is 11.8 Å². The Hall–Kier alpha value is -1.01. The zero-order chi connectivity index (χ0) is 15.4. The van der Waals surface area contributed by atoms with Crippen molar-refractivity contribution < 1.29 is 14.3 Å². The highest BCUT2D eigenvalue weighted by Gasteiger charge is 2.27. The Morgan fingerprint density at radius 3 is 2.81 bits per heavy atom. The summed E-state index contributed by atoms with van der Waals surface area (Å²) in [6.07, 6.45) is 1.31. The van der Waals surface area contributed by atoms with Gasteiger partial charge in [0.15, 0.2) is 6.10 Å². The molecule has 0 radical (unpaired) electrons. The molecular formula is C15H18BrNO3S. The number of hydrogen-bond donors (Lipinski definition) is 1. The van der Waals surface area contributed by atoms with E-state index < -0.39 is 6.10 Å². The van der Waals surface area contributed by atoms with E-state index in [9.17, 15) is 9.59 Å². The third-order valence-corrected chi connectivity index (χ3v) is 4.73. The number of ether oxygens (including phenoxy) is 1. The number of benzene rings is 1. The molecule has 0 aliphatic heterocycles. The first-order valence-electron chi connectivity index (χ1n) is 6.84. The molecule has 1 N–H and O–H groups in total. The van der Waals surface area contributed by atoms with Crippen LogP contribution in [0.25, 0.3) is 0 Å². The molecular weight excluding hydrogens is 354 g/mol. The van der Waals surface area contributed by atoms with E-state index in [0.29, 0.717) is 0 Å². The minimum atomic E-state index is -0.732. The van der Waals surface area contributed by atoms with Gasteiger partial charge in [-0.1, -0.05) is 15.9 Å².